The van der Waals surface area contributed by atoms with Crippen LogP contribution in [-0.4, -0.2) is 18.4 Å². The molecule has 2 aromatic carbocycles. The van der Waals surface area contributed by atoms with Crippen molar-refractivity contribution in [2.45, 2.75) is 6.92 Å². The highest BCUT2D eigenvalue weighted by Crippen LogP contribution is 2.15. The third kappa shape index (κ3) is 4.39. The van der Waals surface area contributed by atoms with E-state index in [1.165, 1.54) is 18.2 Å². The maximum absolute atomic E-state index is 13.0. The number of hydrogen-bond donors (Lipinski definition) is 2. The number of benzene rings is 2. The normalized spacial score (nSPS) is 10.1. The molecular formula is C16H14BrFN2O2. The van der Waals surface area contributed by atoms with Gasteiger partial charge in [-0.25, -0.2) is 4.39 Å². The van der Waals surface area contributed by atoms with Gasteiger partial charge in [0.05, 0.1) is 6.54 Å². The summed E-state index contributed by atoms with van der Waals surface area (Å²) in [6, 6.07) is 10.9. The van der Waals surface area contributed by atoms with E-state index >= 15 is 0 Å². The first-order valence-corrected chi connectivity index (χ1v) is 7.35. The average molecular weight is 365 g/mol. The second kappa shape index (κ2) is 7.17. The second-order valence-corrected chi connectivity index (χ2v) is 5.62. The van der Waals surface area contributed by atoms with Gasteiger partial charge in [0.2, 0.25) is 5.91 Å². The van der Waals surface area contributed by atoms with Gasteiger partial charge < -0.3 is 10.6 Å². The van der Waals surface area contributed by atoms with Crippen molar-refractivity contribution in [2.75, 3.05) is 11.9 Å². The highest BCUT2D eigenvalue weighted by atomic mass is 79.9. The minimum absolute atomic E-state index is 0.165. The predicted octanol–water partition coefficient (Wildman–Crippen LogP) is 3.27. The van der Waals surface area contributed by atoms with Crippen molar-refractivity contribution in [3.8, 4) is 0 Å². The van der Waals surface area contributed by atoms with Gasteiger partial charge in [-0.3, -0.25) is 9.59 Å². The van der Waals surface area contributed by atoms with Crippen LogP contribution in [-0.2, 0) is 4.79 Å². The van der Waals surface area contributed by atoms with Crippen LogP contribution in [0.25, 0.3) is 0 Å². The van der Waals surface area contributed by atoms with Crippen LogP contribution < -0.4 is 10.6 Å². The molecule has 0 bridgehead atoms. The summed E-state index contributed by atoms with van der Waals surface area (Å²) in [5, 5.41) is 5.16. The van der Waals surface area contributed by atoms with Gasteiger partial charge in [0.25, 0.3) is 5.91 Å². The molecule has 2 rings (SSSR count). The topological polar surface area (TPSA) is 58.2 Å². The number of halogens is 2. The summed E-state index contributed by atoms with van der Waals surface area (Å²) in [6.07, 6.45) is 0. The van der Waals surface area contributed by atoms with E-state index in [4.69, 9.17) is 0 Å². The fraction of sp³-hybridized carbons (Fsp3) is 0.125. The van der Waals surface area contributed by atoms with Gasteiger partial charge in [0.1, 0.15) is 5.82 Å². The monoisotopic (exact) mass is 364 g/mol. The van der Waals surface area contributed by atoms with Crippen LogP contribution in [0.15, 0.2) is 46.9 Å². The molecule has 0 spiro atoms. The maximum atomic E-state index is 13.0. The van der Waals surface area contributed by atoms with Crippen molar-refractivity contribution in [3.05, 3.63) is 63.9 Å². The first kappa shape index (κ1) is 16.2. The molecule has 0 atom stereocenters. The van der Waals surface area contributed by atoms with Gasteiger partial charge in [-0.15, -0.1) is 0 Å². The Balaban J connectivity index is 1.91. The second-order valence-electron chi connectivity index (χ2n) is 4.70. The Hall–Kier alpha value is -2.21. The lowest BCUT2D eigenvalue weighted by atomic mass is 10.2. The first-order chi connectivity index (χ1) is 10.5. The van der Waals surface area contributed by atoms with Gasteiger partial charge >= 0.3 is 0 Å². The van der Waals surface area contributed by atoms with Gasteiger partial charge in [-0.2, -0.15) is 0 Å². The predicted molar refractivity (Wildman–Crippen MR) is 86.2 cm³/mol. The van der Waals surface area contributed by atoms with E-state index in [9.17, 15) is 14.0 Å². The average Bonchev–Trinajstić information content (AvgIpc) is 2.47. The summed E-state index contributed by atoms with van der Waals surface area (Å²) in [7, 11) is 0. The zero-order valence-corrected chi connectivity index (χ0v) is 13.4. The van der Waals surface area contributed by atoms with E-state index < -0.39 is 0 Å². The zero-order valence-electron chi connectivity index (χ0n) is 11.8. The Morgan fingerprint density at radius 1 is 1.18 bits per heavy atom. The largest absolute Gasteiger partial charge is 0.343 e. The highest BCUT2D eigenvalue weighted by molar-refractivity contribution is 9.10. The summed E-state index contributed by atoms with van der Waals surface area (Å²) < 4.78 is 13.8. The van der Waals surface area contributed by atoms with Crippen molar-refractivity contribution >= 4 is 33.4 Å². The number of aryl methyl sites for hydroxylation is 1. The highest BCUT2D eigenvalue weighted by Gasteiger charge is 2.09. The van der Waals surface area contributed by atoms with E-state index in [-0.39, 0.29) is 24.2 Å². The molecule has 0 aliphatic carbocycles. The number of amides is 2. The van der Waals surface area contributed by atoms with E-state index in [0.29, 0.717) is 16.8 Å². The molecule has 22 heavy (non-hydrogen) atoms. The third-order valence-corrected chi connectivity index (χ3v) is 3.45. The SMILES string of the molecule is Cc1cc(F)ccc1NC(=O)CNC(=O)c1cccc(Br)c1. The standard InChI is InChI=1S/C16H14BrFN2O2/c1-10-7-13(18)5-6-14(10)20-15(21)9-19-16(22)11-3-2-4-12(17)8-11/h2-8H,9H2,1H3,(H,19,22)(H,20,21). The first-order valence-electron chi connectivity index (χ1n) is 6.55. The van der Waals surface area contributed by atoms with Crippen molar-refractivity contribution in [1.82, 2.24) is 5.32 Å². The van der Waals surface area contributed by atoms with Crippen LogP contribution >= 0.6 is 15.9 Å². The van der Waals surface area contributed by atoms with Crippen LogP contribution in [0, 0.1) is 12.7 Å². The van der Waals surface area contributed by atoms with Crippen molar-refractivity contribution < 1.29 is 14.0 Å². The van der Waals surface area contributed by atoms with Crippen molar-refractivity contribution in [1.29, 1.82) is 0 Å². The lowest BCUT2D eigenvalue weighted by Crippen LogP contribution is -2.33. The molecule has 114 valence electrons. The number of rotatable bonds is 4. The summed E-state index contributed by atoms with van der Waals surface area (Å²) in [5.41, 5.74) is 1.59. The Kier molecular flexibility index (Phi) is 5.27. The van der Waals surface area contributed by atoms with Crippen LogP contribution in [0.3, 0.4) is 0 Å². The summed E-state index contributed by atoms with van der Waals surface area (Å²) >= 11 is 3.28. The van der Waals surface area contributed by atoms with E-state index in [0.717, 1.165) is 4.47 Å². The van der Waals surface area contributed by atoms with Crippen molar-refractivity contribution in [3.63, 3.8) is 0 Å². The molecular weight excluding hydrogens is 351 g/mol. The number of carbonyl (C=O) groups is 2. The van der Waals surface area contributed by atoms with E-state index in [1.54, 1.807) is 31.2 Å². The lowest BCUT2D eigenvalue weighted by molar-refractivity contribution is -0.115. The molecule has 2 aromatic rings. The van der Waals surface area contributed by atoms with E-state index in [2.05, 4.69) is 26.6 Å². The van der Waals surface area contributed by atoms with Gasteiger partial charge in [0.15, 0.2) is 0 Å². The molecule has 0 unspecified atom stereocenters. The molecule has 0 aromatic heterocycles. The summed E-state index contributed by atoms with van der Waals surface area (Å²) in [5.74, 6) is -1.08. The summed E-state index contributed by atoms with van der Waals surface area (Å²) in [4.78, 5) is 23.7. The number of anilines is 1. The van der Waals surface area contributed by atoms with Crippen LogP contribution in [0.1, 0.15) is 15.9 Å². The van der Waals surface area contributed by atoms with Gasteiger partial charge in [-0.05, 0) is 48.9 Å². The quantitative estimate of drug-likeness (QED) is 0.874. The Labute approximate surface area is 135 Å². The number of nitrogens with one attached hydrogen (secondary N) is 2. The minimum atomic E-state index is -0.377. The minimum Gasteiger partial charge on any atom is -0.343 e. The lowest BCUT2D eigenvalue weighted by Gasteiger charge is -2.09. The number of carbonyl (C=O) groups excluding carboxylic acids is 2. The molecule has 6 heteroatoms. The molecule has 0 fully saturated rings. The Morgan fingerprint density at radius 2 is 1.95 bits per heavy atom. The fourth-order valence-electron chi connectivity index (χ4n) is 1.85. The molecule has 0 heterocycles. The zero-order chi connectivity index (χ0) is 16.1. The molecule has 2 amide bonds. The maximum Gasteiger partial charge on any atom is 0.251 e. The van der Waals surface area contributed by atoms with Crippen LogP contribution in [0.4, 0.5) is 10.1 Å². The fourth-order valence-corrected chi connectivity index (χ4v) is 2.25. The van der Waals surface area contributed by atoms with Gasteiger partial charge in [-0.1, -0.05) is 22.0 Å². The Bertz CT molecular complexity index is 719. The molecule has 0 saturated carbocycles. The summed E-state index contributed by atoms with van der Waals surface area (Å²) in [6.45, 7) is 1.53. The smallest absolute Gasteiger partial charge is 0.251 e. The molecule has 0 aliphatic heterocycles. The van der Waals surface area contributed by atoms with E-state index in [1.807, 2.05) is 0 Å². The molecule has 0 saturated heterocycles. The molecule has 2 N–H and O–H groups in total. The molecule has 0 radical (unpaired) electrons. The van der Waals surface area contributed by atoms with Crippen LogP contribution in [0.2, 0.25) is 0 Å². The molecule has 4 nitrogen and oxygen atoms in total. The van der Waals surface area contributed by atoms with Crippen LogP contribution in [0.5, 0.6) is 0 Å². The number of hydrogen-bond acceptors (Lipinski definition) is 2. The third-order valence-electron chi connectivity index (χ3n) is 2.96. The van der Waals surface area contributed by atoms with Crippen molar-refractivity contribution in [2.24, 2.45) is 0 Å². The van der Waals surface area contributed by atoms with Gasteiger partial charge in [0, 0.05) is 15.7 Å². The Morgan fingerprint density at radius 3 is 2.64 bits per heavy atom. The molecule has 0 aliphatic rings.